The number of piperidine rings is 1. The molecule has 4 heteroatoms. The van der Waals surface area contributed by atoms with E-state index in [4.69, 9.17) is 16.3 Å². The highest BCUT2D eigenvalue weighted by Crippen LogP contribution is 2.31. The van der Waals surface area contributed by atoms with Gasteiger partial charge in [-0.05, 0) is 30.9 Å². The highest BCUT2D eigenvalue weighted by molar-refractivity contribution is 6.31. The number of ether oxygens (including phenoxy) is 1. The Kier molecular flexibility index (Phi) is 6.81. The fourth-order valence-electron chi connectivity index (χ4n) is 3.02. The van der Waals surface area contributed by atoms with Crippen LogP contribution in [-0.4, -0.2) is 33.4 Å². The number of nitrogens with zero attached hydrogens (tertiary/aromatic N) is 1. The Labute approximate surface area is 133 Å². The molecule has 1 unspecified atom stereocenters. The lowest BCUT2D eigenvalue weighted by atomic mass is 9.94. The Hall–Kier alpha value is -0.770. The third-order valence-electron chi connectivity index (χ3n) is 4.32. The summed E-state index contributed by atoms with van der Waals surface area (Å²) >= 11 is 6.43. The van der Waals surface area contributed by atoms with Crippen LogP contribution in [0, 0.1) is 5.92 Å². The van der Waals surface area contributed by atoms with Crippen LogP contribution in [-0.2, 0) is 11.3 Å². The molecule has 2 rings (SSSR count). The first kappa shape index (κ1) is 16.6. The van der Waals surface area contributed by atoms with Crippen molar-refractivity contribution in [2.24, 2.45) is 5.92 Å². The maximum Gasteiger partial charge on any atom is 0.0587 e. The van der Waals surface area contributed by atoms with Gasteiger partial charge in [0.1, 0.15) is 0 Å². The van der Waals surface area contributed by atoms with Crippen molar-refractivity contribution in [2.75, 3.05) is 38.3 Å². The van der Waals surface area contributed by atoms with Gasteiger partial charge in [-0.15, -0.1) is 0 Å². The van der Waals surface area contributed by atoms with Gasteiger partial charge in [-0.2, -0.15) is 0 Å². The monoisotopic (exact) mass is 310 g/mol. The molecule has 0 aliphatic carbocycles. The Morgan fingerprint density at radius 2 is 2.29 bits per heavy atom. The van der Waals surface area contributed by atoms with Gasteiger partial charge in [0.05, 0.1) is 6.61 Å². The summed E-state index contributed by atoms with van der Waals surface area (Å²) in [5, 5.41) is 4.27. The van der Waals surface area contributed by atoms with Gasteiger partial charge in [-0.1, -0.05) is 31.0 Å². The lowest BCUT2D eigenvalue weighted by Gasteiger charge is -2.35. The smallest absolute Gasteiger partial charge is 0.0587 e. The molecule has 1 atom stereocenters. The van der Waals surface area contributed by atoms with E-state index in [0.717, 1.165) is 43.7 Å². The first-order valence-corrected chi connectivity index (χ1v) is 8.36. The van der Waals surface area contributed by atoms with Crippen LogP contribution in [0.1, 0.15) is 31.7 Å². The van der Waals surface area contributed by atoms with Gasteiger partial charge in [0, 0.05) is 49.6 Å². The van der Waals surface area contributed by atoms with E-state index in [9.17, 15) is 0 Å². The molecule has 1 saturated heterocycles. The van der Waals surface area contributed by atoms with Crippen molar-refractivity contribution in [3.8, 4) is 0 Å². The fourth-order valence-corrected chi connectivity index (χ4v) is 3.26. The van der Waals surface area contributed by atoms with Crippen LogP contribution in [0.25, 0.3) is 0 Å². The van der Waals surface area contributed by atoms with Crippen LogP contribution < -0.4 is 10.2 Å². The summed E-state index contributed by atoms with van der Waals surface area (Å²) in [7, 11) is 1.72. The van der Waals surface area contributed by atoms with E-state index in [1.807, 2.05) is 6.07 Å². The molecule has 1 fully saturated rings. The van der Waals surface area contributed by atoms with Gasteiger partial charge in [0.15, 0.2) is 0 Å². The summed E-state index contributed by atoms with van der Waals surface area (Å²) in [5.41, 5.74) is 2.51. The summed E-state index contributed by atoms with van der Waals surface area (Å²) in [6.45, 7) is 6.95. The third-order valence-corrected chi connectivity index (χ3v) is 4.67. The number of hydrogen-bond acceptors (Lipinski definition) is 3. The van der Waals surface area contributed by atoms with Crippen molar-refractivity contribution in [1.29, 1.82) is 0 Å². The topological polar surface area (TPSA) is 24.5 Å². The van der Waals surface area contributed by atoms with Gasteiger partial charge >= 0.3 is 0 Å². The normalized spacial score (nSPS) is 19.0. The molecule has 1 aromatic rings. The molecule has 0 amide bonds. The van der Waals surface area contributed by atoms with Gasteiger partial charge in [-0.25, -0.2) is 0 Å². The zero-order valence-corrected chi connectivity index (χ0v) is 14.0. The predicted octanol–water partition coefficient (Wildman–Crippen LogP) is 3.70. The quantitative estimate of drug-likeness (QED) is 0.777. The molecule has 0 radical (unpaired) electrons. The highest BCUT2D eigenvalue weighted by Gasteiger charge is 2.21. The van der Waals surface area contributed by atoms with Gasteiger partial charge < -0.3 is 15.0 Å². The Bertz CT molecular complexity index is 439. The summed E-state index contributed by atoms with van der Waals surface area (Å²) in [4.78, 5) is 2.51. The van der Waals surface area contributed by atoms with E-state index < -0.39 is 0 Å². The predicted molar refractivity (Wildman–Crippen MR) is 90.3 cm³/mol. The number of rotatable bonds is 7. The molecular formula is C17H27ClN2O. The second kappa shape index (κ2) is 8.62. The van der Waals surface area contributed by atoms with Crippen LogP contribution in [0.4, 0.5) is 5.69 Å². The van der Waals surface area contributed by atoms with E-state index in [1.54, 1.807) is 7.11 Å². The highest BCUT2D eigenvalue weighted by atomic mass is 35.5. The summed E-state index contributed by atoms with van der Waals surface area (Å²) in [5.74, 6) is 0.812. The standard InChI is InChI=1S/C17H27ClN2O/c1-3-14-6-5-10-20(13-14)17-8-4-7-16(18)15(17)12-19-9-11-21-2/h4,7-8,14,19H,3,5-6,9-13H2,1-2H3. The van der Waals surface area contributed by atoms with Crippen molar-refractivity contribution in [2.45, 2.75) is 32.7 Å². The molecule has 0 bridgehead atoms. The van der Waals surface area contributed by atoms with Crippen LogP contribution in [0.3, 0.4) is 0 Å². The maximum atomic E-state index is 6.43. The second-order valence-electron chi connectivity index (χ2n) is 5.77. The molecule has 1 aliphatic rings. The summed E-state index contributed by atoms with van der Waals surface area (Å²) in [6, 6.07) is 6.25. The van der Waals surface area contributed by atoms with Crippen molar-refractivity contribution < 1.29 is 4.74 Å². The van der Waals surface area contributed by atoms with E-state index in [1.165, 1.54) is 30.5 Å². The molecule has 0 aromatic heterocycles. The number of methoxy groups -OCH3 is 1. The minimum absolute atomic E-state index is 0.724. The second-order valence-corrected chi connectivity index (χ2v) is 6.18. The number of anilines is 1. The molecule has 1 N–H and O–H groups in total. The molecule has 21 heavy (non-hydrogen) atoms. The molecule has 118 valence electrons. The molecule has 1 aromatic carbocycles. The maximum absolute atomic E-state index is 6.43. The zero-order valence-electron chi connectivity index (χ0n) is 13.2. The zero-order chi connectivity index (χ0) is 15.1. The Morgan fingerprint density at radius 3 is 3.05 bits per heavy atom. The first-order valence-electron chi connectivity index (χ1n) is 7.98. The van der Waals surface area contributed by atoms with Crippen molar-refractivity contribution in [1.82, 2.24) is 5.32 Å². The van der Waals surface area contributed by atoms with Gasteiger partial charge in [0.25, 0.3) is 0 Å². The van der Waals surface area contributed by atoms with Crippen LogP contribution >= 0.6 is 11.6 Å². The summed E-state index contributed by atoms with van der Waals surface area (Å²) < 4.78 is 5.08. The van der Waals surface area contributed by atoms with Gasteiger partial charge in [0.2, 0.25) is 0 Å². The molecule has 1 heterocycles. The van der Waals surface area contributed by atoms with E-state index in [0.29, 0.717) is 0 Å². The number of hydrogen-bond donors (Lipinski definition) is 1. The Balaban J connectivity index is 2.08. The molecule has 3 nitrogen and oxygen atoms in total. The van der Waals surface area contributed by atoms with Crippen LogP contribution in [0.5, 0.6) is 0 Å². The molecule has 0 saturated carbocycles. The fraction of sp³-hybridized carbons (Fsp3) is 0.647. The lowest BCUT2D eigenvalue weighted by molar-refractivity contribution is 0.199. The first-order chi connectivity index (χ1) is 10.3. The molecular weight excluding hydrogens is 284 g/mol. The van der Waals surface area contributed by atoms with Crippen molar-refractivity contribution in [3.05, 3.63) is 28.8 Å². The Morgan fingerprint density at radius 1 is 1.43 bits per heavy atom. The third kappa shape index (κ3) is 4.60. The molecule has 0 spiro atoms. The SMILES string of the molecule is CCC1CCCN(c2cccc(Cl)c2CNCCOC)C1. The summed E-state index contributed by atoms with van der Waals surface area (Å²) in [6.07, 6.45) is 3.90. The van der Waals surface area contributed by atoms with E-state index in [-0.39, 0.29) is 0 Å². The van der Waals surface area contributed by atoms with E-state index >= 15 is 0 Å². The average Bonchev–Trinajstić information content (AvgIpc) is 2.52. The van der Waals surface area contributed by atoms with Crippen molar-refractivity contribution >= 4 is 17.3 Å². The average molecular weight is 311 g/mol. The largest absolute Gasteiger partial charge is 0.383 e. The van der Waals surface area contributed by atoms with Gasteiger partial charge in [-0.3, -0.25) is 0 Å². The van der Waals surface area contributed by atoms with Crippen LogP contribution in [0.15, 0.2) is 18.2 Å². The number of halogens is 1. The number of benzene rings is 1. The van der Waals surface area contributed by atoms with Crippen molar-refractivity contribution in [3.63, 3.8) is 0 Å². The van der Waals surface area contributed by atoms with E-state index in [2.05, 4.69) is 29.3 Å². The van der Waals surface area contributed by atoms with Crippen LogP contribution in [0.2, 0.25) is 5.02 Å². The minimum Gasteiger partial charge on any atom is -0.383 e. The molecule has 1 aliphatic heterocycles. The minimum atomic E-state index is 0.724. The lowest BCUT2D eigenvalue weighted by Crippen LogP contribution is -2.36. The number of nitrogens with one attached hydrogen (secondary N) is 1.